The molecule has 0 aliphatic heterocycles. The Bertz CT molecular complexity index is 355. The number of halogens is 2. The molecule has 2 N–H and O–H groups in total. The topological polar surface area (TPSA) is 36.4 Å². The first-order chi connectivity index (χ1) is 8.26. The summed E-state index contributed by atoms with van der Waals surface area (Å²) in [6.45, 7) is 4.02. The minimum Gasteiger partial charge on any atom is -0.356 e. The zero-order valence-corrected chi connectivity index (χ0v) is 15.6. The number of unbranched alkanes of at least 4 members (excludes halogenated alkanes) is 2. The van der Waals surface area contributed by atoms with Crippen LogP contribution in [0.4, 0.5) is 0 Å². The van der Waals surface area contributed by atoms with E-state index in [-0.39, 0.29) is 24.0 Å². The second kappa shape index (κ2) is 11.0. The van der Waals surface area contributed by atoms with Crippen molar-refractivity contribution in [3.05, 3.63) is 20.8 Å². The van der Waals surface area contributed by atoms with Gasteiger partial charge in [-0.2, -0.15) is 0 Å². The zero-order valence-electron chi connectivity index (χ0n) is 10.8. The molecule has 0 bridgehead atoms. The summed E-state index contributed by atoms with van der Waals surface area (Å²) in [6, 6.07) is 4.19. The Hall–Kier alpha value is 0.180. The monoisotopic (exact) mass is 445 g/mol. The van der Waals surface area contributed by atoms with Crippen LogP contribution in [0, 0.1) is 0 Å². The van der Waals surface area contributed by atoms with Crippen molar-refractivity contribution in [2.45, 2.75) is 32.7 Å². The van der Waals surface area contributed by atoms with Crippen LogP contribution in [0.5, 0.6) is 0 Å². The predicted molar refractivity (Wildman–Crippen MR) is 95.2 cm³/mol. The molecule has 0 unspecified atom stereocenters. The zero-order chi connectivity index (χ0) is 12.5. The highest BCUT2D eigenvalue weighted by molar-refractivity contribution is 14.0. The summed E-state index contributed by atoms with van der Waals surface area (Å²) in [7, 11) is 1.81. The van der Waals surface area contributed by atoms with Crippen molar-refractivity contribution in [2.75, 3.05) is 13.6 Å². The summed E-state index contributed by atoms with van der Waals surface area (Å²) >= 11 is 5.20. The first kappa shape index (κ1) is 18.2. The lowest BCUT2D eigenvalue weighted by atomic mass is 10.2. The van der Waals surface area contributed by atoms with Gasteiger partial charge in [0, 0.05) is 18.5 Å². The molecule has 1 rings (SSSR count). The van der Waals surface area contributed by atoms with Gasteiger partial charge in [0.2, 0.25) is 0 Å². The van der Waals surface area contributed by atoms with Crippen LogP contribution < -0.4 is 10.6 Å². The maximum Gasteiger partial charge on any atom is 0.191 e. The van der Waals surface area contributed by atoms with Crippen LogP contribution in [0.15, 0.2) is 20.9 Å². The quantitative estimate of drug-likeness (QED) is 0.300. The molecule has 1 heterocycles. The van der Waals surface area contributed by atoms with Gasteiger partial charge < -0.3 is 10.6 Å². The molecular weight excluding hydrogens is 425 g/mol. The lowest BCUT2D eigenvalue weighted by molar-refractivity contribution is 0.683. The molecule has 0 radical (unpaired) electrons. The lowest BCUT2D eigenvalue weighted by Crippen LogP contribution is -2.37. The number of nitrogens with zero attached hydrogens (tertiary/aromatic N) is 1. The molecule has 1 aromatic heterocycles. The summed E-state index contributed by atoms with van der Waals surface area (Å²) < 4.78 is 1.17. The van der Waals surface area contributed by atoms with Crippen LogP contribution in [0.25, 0.3) is 0 Å². The number of hydrogen-bond donors (Lipinski definition) is 2. The molecule has 0 saturated heterocycles. The Kier molecular flexibility index (Phi) is 11.2. The minimum atomic E-state index is 0. The van der Waals surface area contributed by atoms with Crippen LogP contribution in [0.2, 0.25) is 0 Å². The largest absolute Gasteiger partial charge is 0.356 e. The van der Waals surface area contributed by atoms with Crippen LogP contribution in [0.1, 0.15) is 31.1 Å². The van der Waals surface area contributed by atoms with Gasteiger partial charge in [0.05, 0.1) is 10.3 Å². The maximum absolute atomic E-state index is 4.19. The number of aliphatic imine (C=N–C) groups is 1. The molecule has 1 aromatic rings. The Morgan fingerprint density at radius 1 is 1.33 bits per heavy atom. The Morgan fingerprint density at radius 2 is 2.11 bits per heavy atom. The summed E-state index contributed by atoms with van der Waals surface area (Å²) in [5.74, 6) is 0.880. The van der Waals surface area contributed by atoms with E-state index in [9.17, 15) is 0 Å². The summed E-state index contributed by atoms with van der Waals surface area (Å²) in [6.07, 6.45) is 3.71. The van der Waals surface area contributed by atoms with E-state index in [1.807, 2.05) is 0 Å². The summed E-state index contributed by atoms with van der Waals surface area (Å²) in [4.78, 5) is 5.49. The molecule has 0 amide bonds. The van der Waals surface area contributed by atoms with Gasteiger partial charge in [-0.1, -0.05) is 19.8 Å². The van der Waals surface area contributed by atoms with Gasteiger partial charge in [0.25, 0.3) is 0 Å². The van der Waals surface area contributed by atoms with E-state index >= 15 is 0 Å². The molecule has 0 fully saturated rings. The van der Waals surface area contributed by atoms with Crippen molar-refractivity contribution >= 4 is 57.2 Å². The van der Waals surface area contributed by atoms with Crippen LogP contribution in [-0.4, -0.2) is 19.6 Å². The molecule has 18 heavy (non-hydrogen) atoms. The van der Waals surface area contributed by atoms with Gasteiger partial charge in [-0.3, -0.25) is 4.99 Å². The lowest BCUT2D eigenvalue weighted by Gasteiger charge is -2.10. The van der Waals surface area contributed by atoms with Crippen LogP contribution in [-0.2, 0) is 6.54 Å². The predicted octanol–water partition coefficient (Wildman–Crippen LogP) is 3.98. The van der Waals surface area contributed by atoms with Crippen molar-refractivity contribution < 1.29 is 0 Å². The van der Waals surface area contributed by atoms with E-state index in [1.165, 1.54) is 27.9 Å². The molecule has 104 valence electrons. The van der Waals surface area contributed by atoms with E-state index < -0.39 is 0 Å². The smallest absolute Gasteiger partial charge is 0.191 e. The number of thiophene rings is 1. The maximum atomic E-state index is 4.19. The molecule has 0 aliphatic carbocycles. The van der Waals surface area contributed by atoms with E-state index in [0.717, 1.165) is 19.0 Å². The number of hydrogen-bond acceptors (Lipinski definition) is 2. The molecule has 0 aromatic carbocycles. The highest BCUT2D eigenvalue weighted by atomic mass is 127. The standard InChI is InChI=1S/C12H20BrN3S.HI/c1-3-4-5-8-15-12(14-2)16-9-10-6-7-11(13)17-10;/h6-7H,3-5,8-9H2,1-2H3,(H2,14,15,16);1H. The van der Waals surface area contributed by atoms with E-state index in [1.54, 1.807) is 18.4 Å². The minimum absolute atomic E-state index is 0. The average molecular weight is 446 g/mol. The Balaban J connectivity index is 0.00000289. The Morgan fingerprint density at radius 3 is 2.67 bits per heavy atom. The van der Waals surface area contributed by atoms with Gasteiger partial charge in [-0.05, 0) is 34.5 Å². The SMILES string of the molecule is CCCCCNC(=NC)NCc1ccc(Br)s1.I. The third kappa shape index (κ3) is 7.58. The third-order valence-electron chi connectivity index (χ3n) is 2.36. The Labute approximate surface area is 139 Å². The number of rotatable bonds is 6. The highest BCUT2D eigenvalue weighted by Crippen LogP contribution is 2.21. The third-order valence-corrected chi connectivity index (χ3v) is 3.98. The van der Waals surface area contributed by atoms with Crippen LogP contribution >= 0.6 is 51.2 Å². The summed E-state index contributed by atoms with van der Waals surface area (Å²) in [5, 5.41) is 6.62. The molecule has 3 nitrogen and oxygen atoms in total. The van der Waals surface area contributed by atoms with Crippen molar-refractivity contribution in [1.29, 1.82) is 0 Å². The number of nitrogens with one attached hydrogen (secondary N) is 2. The van der Waals surface area contributed by atoms with Gasteiger partial charge in [0.1, 0.15) is 0 Å². The fourth-order valence-electron chi connectivity index (χ4n) is 1.42. The van der Waals surface area contributed by atoms with E-state index in [2.05, 4.69) is 50.6 Å². The second-order valence-electron chi connectivity index (χ2n) is 3.77. The van der Waals surface area contributed by atoms with Crippen molar-refractivity contribution in [1.82, 2.24) is 10.6 Å². The molecule has 0 atom stereocenters. The molecule has 6 heteroatoms. The molecule has 0 aliphatic rings. The average Bonchev–Trinajstić information content (AvgIpc) is 2.74. The van der Waals surface area contributed by atoms with Gasteiger partial charge in [-0.15, -0.1) is 35.3 Å². The van der Waals surface area contributed by atoms with Crippen molar-refractivity contribution in [3.63, 3.8) is 0 Å². The van der Waals surface area contributed by atoms with Gasteiger partial charge >= 0.3 is 0 Å². The van der Waals surface area contributed by atoms with E-state index in [4.69, 9.17) is 0 Å². The molecule has 0 spiro atoms. The highest BCUT2D eigenvalue weighted by Gasteiger charge is 2.00. The van der Waals surface area contributed by atoms with Crippen LogP contribution in [0.3, 0.4) is 0 Å². The first-order valence-corrected chi connectivity index (χ1v) is 7.56. The fourth-order valence-corrected chi connectivity index (χ4v) is 2.84. The number of guanidine groups is 1. The molecular formula is C12H21BrIN3S. The van der Waals surface area contributed by atoms with Crippen molar-refractivity contribution in [2.24, 2.45) is 4.99 Å². The van der Waals surface area contributed by atoms with Crippen molar-refractivity contribution in [3.8, 4) is 0 Å². The van der Waals surface area contributed by atoms with Gasteiger partial charge in [0.15, 0.2) is 5.96 Å². The summed E-state index contributed by atoms with van der Waals surface area (Å²) in [5.41, 5.74) is 0. The normalized spacial score (nSPS) is 10.9. The fraction of sp³-hybridized carbons (Fsp3) is 0.583. The first-order valence-electron chi connectivity index (χ1n) is 5.95. The van der Waals surface area contributed by atoms with E-state index in [0.29, 0.717) is 0 Å². The second-order valence-corrected chi connectivity index (χ2v) is 6.31. The molecule has 0 saturated carbocycles. The van der Waals surface area contributed by atoms with Gasteiger partial charge in [-0.25, -0.2) is 0 Å².